The minimum Gasteiger partial charge on any atom is -0.326 e. The molecule has 0 saturated heterocycles. The summed E-state index contributed by atoms with van der Waals surface area (Å²) in [5.41, 5.74) is 2.40. The fraction of sp³-hybridized carbons (Fsp3) is 0.588. The highest BCUT2D eigenvalue weighted by atomic mass is 16.1. The van der Waals surface area contributed by atoms with Crippen molar-refractivity contribution in [3.63, 3.8) is 0 Å². The zero-order valence-electron chi connectivity index (χ0n) is 11.5. The van der Waals surface area contributed by atoms with Gasteiger partial charge in [-0.25, -0.2) is 0 Å². The summed E-state index contributed by atoms with van der Waals surface area (Å²) >= 11 is 0. The molecular weight excluding hydrogens is 234 g/mol. The molecule has 1 aromatic rings. The van der Waals surface area contributed by atoms with Crippen LogP contribution in [0.1, 0.15) is 62.8 Å². The summed E-state index contributed by atoms with van der Waals surface area (Å²) in [6.07, 6.45) is 9.92. The maximum atomic E-state index is 12.0. The van der Waals surface area contributed by atoms with Gasteiger partial charge in [0.1, 0.15) is 0 Å². The second kappa shape index (κ2) is 5.77. The summed E-state index contributed by atoms with van der Waals surface area (Å²) < 4.78 is 0. The summed E-state index contributed by atoms with van der Waals surface area (Å²) in [6, 6.07) is 8.53. The zero-order valence-corrected chi connectivity index (χ0v) is 11.5. The van der Waals surface area contributed by atoms with Gasteiger partial charge in [0.2, 0.25) is 5.91 Å². The summed E-state index contributed by atoms with van der Waals surface area (Å²) in [5, 5.41) is 3.06. The van der Waals surface area contributed by atoms with E-state index >= 15 is 0 Å². The van der Waals surface area contributed by atoms with Gasteiger partial charge < -0.3 is 5.32 Å². The monoisotopic (exact) mass is 257 g/mol. The third kappa shape index (κ3) is 2.99. The number of carbonyl (C=O) groups is 1. The molecule has 3 rings (SSSR count). The Morgan fingerprint density at radius 3 is 2.11 bits per heavy atom. The van der Waals surface area contributed by atoms with Crippen LogP contribution in [0.2, 0.25) is 0 Å². The second-order valence-corrected chi connectivity index (χ2v) is 6.07. The number of hydrogen-bond acceptors (Lipinski definition) is 1. The van der Waals surface area contributed by atoms with E-state index in [0.29, 0.717) is 0 Å². The molecule has 0 heterocycles. The Labute approximate surface area is 115 Å². The molecule has 0 aromatic heterocycles. The molecular formula is C17H23NO. The van der Waals surface area contributed by atoms with E-state index in [-0.39, 0.29) is 11.8 Å². The van der Waals surface area contributed by atoms with Gasteiger partial charge in [0.15, 0.2) is 0 Å². The molecule has 0 bridgehead atoms. The average Bonchev–Trinajstić information content (AvgIpc) is 3.13. The summed E-state index contributed by atoms with van der Waals surface area (Å²) in [5.74, 6) is 1.21. The third-order valence-corrected chi connectivity index (χ3v) is 4.73. The molecule has 2 fully saturated rings. The van der Waals surface area contributed by atoms with Crippen LogP contribution in [0.3, 0.4) is 0 Å². The van der Waals surface area contributed by atoms with E-state index in [1.165, 1.54) is 44.1 Å². The fourth-order valence-corrected chi connectivity index (χ4v) is 3.53. The maximum absolute atomic E-state index is 12.0. The summed E-state index contributed by atoms with van der Waals surface area (Å²) in [6.45, 7) is 0. The van der Waals surface area contributed by atoms with Crippen LogP contribution in [0.25, 0.3) is 0 Å². The molecule has 0 spiro atoms. The Morgan fingerprint density at radius 1 is 0.895 bits per heavy atom. The molecule has 0 aliphatic heterocycles. The van der Waals surface area contributed by atoms with Gasteiger partial charge in [-0.3, -0.25) is 4.79 Å². The topological polar surface area (TPSA) is 29.1 Å². The van der Waals surface area contributed by atoms with Gasteiger partial charge in [-0.15, -0.1) is 0 Å². The number of nitrogens with one attached hydrogen (secondary N) is 1. The van der Waals surface area contributed by atoms with Crippen molar-refractivity contribution in [2.45, 2.75) is 57.3 Å². The molecule has 2 heteroatoms. The first kappa shape index (κ1) is 12.7. The molecule has 2 aliphatic carbocycles. The van der Waals surface area contributed by atoms with Crippen molar-refractivity contribution in [2.75, 3.05) is 5.32 Å². The van der Waals surface area contributed by atoms with Gasteiger partial charge in [0.05, 0.1) is 0 Å². The average molecular weight is 257 g/mol. The SMILES string of the molecule is O=C(Nc1ccc(C2CCCC2)cc1)C1CCCC1. The zero-order chi connectivity index (χ0) is 13.1. The van der Waals surface area contributed by atoms with Crippen LogP contribution in [0.5, 0.6) is 0 Å². The van der Waals surface area contributed by atoms with Gasteiger partial charge in [-0.1, -0.05) is 37.8 Å². The summed E-state index contributed by atoms with van der Waals surface area (Å²) in [7, 11) is 0. The predicted molar refractivity (Wildman–Crippen MR) is 78.2 cm³/mol. The van der Waals surface area contributed by atoms with E-state index in [9.17, 15) is 4.79 Å². The Bertz CT molecular complexity index is 425. The number of rotatable bonds is 3. The highest BCUT2D eigenvalue weighted by Crippen LogP contribution is 2.34. The van der Waals surface area contributed by atoms with E-state index in [2.05, 4.69) is 29.6 Å². The van der Waals surface area contributed by atoms with Crippen LogP contribution < -0.4 is 5.32 Å². The normalized spacial score (nSPS) is 20.8. The van der Waals surface area contributed by atoms with Gasteiger partial charge >= 0.3 is 0 Å². The quantitative estimate of drug-likeness (QED) is 0.850. The lowest BCUT2D eigenvalue weighted by atomic mass is 9.97. The molecule has 1 amide bonds. The fourth-order valence-electron chi connectivity index (χ4n) is 3.53. The van der Waals surface area contributed by atoms with E-state index in [1.807, 2.05) is 0 Å². The van der Waals surface area contributed by atoms with Crippen LogP contribution in [0.4, 0.5) is 5.69 Å². The van der Waals surface area contributed by atoms with Crippen LogP contribution in [0, 0.1) is 5.92 Å². The Balaban J connectivity index is 1.60. The van der Waals surface area contributed by atoms with E-state index in [0.717, 1.165) is 24.4 Å². The van der Waals surface area contributed by atoms with Crippen molar-refractivity contribution in [3.05, 3.63) is 29.8 Å². The van der Waals surface area contributed by atoms with Crippen LogP contribution >= 0.6 is 0 Å². The molecule has 2 saturated carbocycles. The van der Waals surface area contributed by atoms with Gasteiger partial charge in [0, 0.05) is 11.6 Å². The molecule has 0 unspecified atom stereocenters. The highest BCUT2D eigenvalue weighted by molar-refractivity contribution is 5.92. The number of benzene rings is 1. The lowest BCUT2D eigenvalue weighted by molar-refractivity contribution is -0.119. The molecule has 2 nitrogen and oxygen atoms in total. The Kier molecular flexibility index (Phi) is 3.86. The minimum atomic E-state index is 0.214. The van der Waals surface area contributed by atoms with Gasteiger partial charge in [0.25, 0.3) is 0 Å². The van der Waals surface area contributed by atoms with E-state index < -0.39 is 0 Å². The molecule has 0 radical (unpaired) electrons. The lowest BCUT2D eigenvalue weighted by Crippen LogP contribution is -2.20. The molecule has 2 aliphatic rings. The number of anilines is 1. The second-order valence-electron chi connectivity index (χ2n) is 6.07. The van der Waals surface area contributed by atoms with Gasteiger partial charge in [-0.2, -0.15) is 0 Å². The first-order chi connectivity index (χ1) is 9.33. The highest BCUT2D eigenvalue weighted by Gasteiger charge is 2.22. The Hall–Kier alpha value is -1.31. The molecule has 102 valence electrons. The number of carbonyl (C=O) groups excluding carboxylic acids is 1. The Morgan fingerprint density at radius 2 is 1.47 bits per heavy atom. The van der Waals surface area contributed by atoms with Crippen molar-refractivity contribution in [1.29, 1.82) is 0 Å². The standard InChI is InChI=1S/C17H23NO/c19-17(15-7-3-4-8-15)18-16-11-9-14(10-12-16)13-5-1-2-6-13/h9-13,15H,1-8H2,(H,18,19). The first-order valence-corrected chi connectivity index (χ1v) is 7.74. The smallest absolute Gasteiger partial charge is 0.227 e. The maximum Gasteiger partial charge on any atom is 0.227 e. The molecule has 19 heavy (non-hydrogen) atoms. The molecule has 1 aromatic carbocycles. The largest absolute Gasteiger partial charge is 0.326 e. The minimum absolute atomic E-state index is 0.214. The number of hydrogen-bond donors (Lipinski definition) is 1. The molecule has 0 atom stereocenters. The predicted octanol–water partition coefficient (Wildman–Crippen LogP) is 4.47. The van der Waals surface area contributed by atoms with E-state index in [4.69, 9.17) is 0 Å². The van der Waals surface area contributed by atoms with Crippen LogP contribution in [0.15, 0.2) is 24.3 Å². The van der Waals surface area contributed by atoms with Gasteiger partial charge in [-0.05, 0) is 49.3 Å². The molecule has 1 N–H and O–H groups in total. The van der Waals surface area contributed by atoms with Crippen molar-refractivity contribution in [2.24, 2.45) is 5.92 Å². The first-order valence-electron chi connectivity index (χ1n) is 7.74. The third-order valence-electron chi connectivity index (χ3n) is 4.73. The van der Waals surface area contributed by atoms with Crippen molar-refractivity contribution in [3.8, 4) is 0 Å². The van der Waals surface area contributed by atoms with Crippen molar-refractivity contribution < 1.29 is 4.79 Å². The summed E-state index contributed by atoms with van der Waals surface area (Å²) in [4.78, 5) is 12.0. The van der Waals surface area contributed by atoms with E-state index in [1.54, 1.807) is 0 Å². The lowest BCUT2D eigenvalue weighted by Gasteiger charge is -2.13. The van der Waals surface area contributed by atoms with Crippen molar-refractivity contribution >= 4 is 11.6 Å². The van der Waals surface area contributed by atoms with Crippen LogP contribution in [-0.2, 0) is 4.79 Å². The number of amides is 1. The van der Waals surface area contributed by atoms with Crippen LogP contribution in [-0.4, -0.2) is 5.91 Å². The van der Waals surface area contributed by atoms with Crippen molar-refractivity contribution in [1.82, 2.24) is 0 Å².